The summed E-state index contributed by atoms with van der Waals surface area (Å²) in [5, 5.41) is 3.18. The highest BCUT2D eigenvalue weighted by molar-refractivity contribution is 5.74. The maximum Gasteiger partial charge on any atom is 0.318 e. The molecule has 0 saturated heterocycles. The Kier molecular flexibility index (Phi) is 4.09. The minimum absolute atomic E-state index is 0.0530. The zero-order valence-corrected chi connectivity index (χ0v) is 11.8. The van der Waals surface area contributed by atoms with Gasteiger partial charge in [0.25, 0.3) is 0 Å². The van der Waals surface area contributed by atoms with E-state index in [1.54, 1.807) is 0 Å². The van der Waals surface area contributed by atoms with Crippen molar-refractivity contribution in [1.29, 1.82) is 0 Å². The van der Waals surface area contributed by atoms with Crippen LogP contribution < -0.4 is 10.1 Å². The quantitative estimate of drug-likeness (QED) is 0.855. The van der Waals surface area contributed by atoms with E-state index in [2.05, 4.69) is 5.32 Å². The normalized spacial score (nSPS) is 19.7. The fraction of sp³-hybridized carbons (Fsp3) is 0.562. The molecule has 4 nitrogen and oxygen atoms in total. The van der Waals surface area contributed by atoms with Gasteiger partial charge in [0.1, 0.15) is 12.4 Å². The van der Waals surface area contributed by atoms with Gasteiger partial charge in [-0.1, -0.05) is 37.5 Å². The van der Waals surface area contributed by atoms with Gasteiger partial charge >= 0.3 is 6.03 Å². The highest BCUT2D eigenvalue weighted by Crippen LogP contribution is 2.23. The molecule has 0 spiro atoms. The SMILES string of the molecule is O=C(NC1CCCCC1)N1CCOc2ccccc2C1. The molecule has 0 radical (unpaired) electrons. The van der Waals surface area contributed by atoms with E-state index in [0.29, 0.717) is 25.7 Å². The third kappa shape index (κ3) is 3.06. The van der Waals surface area contributed by atoms with Gasteiger partial charge in [-0.3, -0.25) is 0 Å². The maximum atomic E-state index is 12.4. The van der Waals surface area contributed by atoms with Crippen molar-refractivity contribution in [3.05, 3.63) is 29.8 Å². The van der Waals surface area contributed by atoms with Crippen molar-refractivity contribution in [3.63, 3.8) is 0 Å². The van der Waals surface area contributed by atoms with Crippen LogP contribution in [0.15, 0.2) is 24.3 Å². The Bertz CT molecular complexity index is 469. The fourth-order valence-corrected chi connectivity index (χ4v) is 3.01. The summed E-state index contributed by atoms with van der Waals surface area (Å²) in [6.45, 7) is 1.84. The Hall–Kier alpha value is -1.71. The monoisotopic (exact) mass is 274 g/mol. The first-order valence-corrected chi connectivity index (χ1v) is 7.59. The molecule has 1 aromatic rings. The second-order valence-electron chi connectivity index (χ2n) is 5.66. The lowest BCUT2D eigenvalue weighted by Gasteiger charge is -2.27. The molecule has 1 heterocycles. The van der Waals surface area contributed by atoms with Crippen LogP contribution in [-0.4, -0.2) is 30.1 Å². The molecule has 1 saturated carbocycles. The average Bonchev–Trinajstić information content (AvgIpc) is 2.70. The van der Waals surface area contributed by atoms with E-state index in [-0.39, 0.29) is 6.03 Å². The largest absolute Gasteiger partial charge is 0.491 e. The van der Waals surface area contributed by atoms with Crippen molar-refractivity contribution in [1.82, 2.24) is 10.2 Å². The molecule has 1 N–H and O–H groups in total. The lowest BCUT2D eigenvalue weighted by Crippen LogP contribution is -2.45. The van der Waals surface area contributed by atoms with Crippen LogP contribution in [0.25, 0.3) is 0 Å². The lowest BCUT2D eigenvalue weighted by atomic mass is 9.96. The summed E-state index contributed by atoms with van der Waals surface area (Å²) in [7, 11) is 0. The molecule has 1 fully saturated rings. The van der Waals surface area contributed by atoms with E-state index >= 15 is 0 Å². The van der Waals surface area contributed by atoms with E-state index in [0.717, 1.165) is 24.2 Å². The van der Waals surface area contributed by atoms with Crippen molar-refractivity contribution in [2.45, 2.75) is 44.7 Å². The molecule has 1 aliphatic heterocycles. The molecule has 4 heteroatoms. The highest BCUT2D eigenvalue weighted by Gasteiger charge is 2.22. The number of fused-ring (bicyclic) bond motifs is 1. The Morgan fingerprint density at radius 3 is 2.85 bits per heavy atom. The van der Waals surface area contributed by atoms with Crippen molar-refractivity contribution in [2.24, 2.45) is 0 Å². The zero-order valence-electron chi connectivity index (χ0n) is 11.8. The third-order valence-corrected chi connectivity index (χ3v) is 4.17. The van der Waals surface area contributed by atoms with Gasteiger partial charge in [0.15, 0.2) is 0 Å². The molecule has 0 atom stereocenters. The number of hydrogen-bond acceptors (Lipinski definition) is 2. The number of hydrogen-bond donors (Lipinski definition) is 1. The topological polar surface area (TPSA) is 41.6 Å². The number of rotatable bonds is 1. The molecule has 108 valence electrons. The summed E-state index contributed by atoms with van der Waals surface area (Å²) in [5.41, 5.74) is 1.09. The van der Waals surface area contributed by atoms with Crippen LogP contribution in [0.5, 0.6) is 5.75 Å². The average molecular weight is 274 g/mol. The number of benzene rings is 1. The molecule has 3 rings (SSSR count). The van der Waals surface area contributed by atoms with E-state index in [4.69, 9.17) is 4.74 Å². The number of nitrogens with one attached hydrogen (secondary N) is 1. The van der Waals surface area contributed by atoms with Crippen molar-refractivity contribution >= 4 is 6.03 Å². The third-order valence-electron chi connectivity index (χ3n) is 4.17. The van der Waals surface area contributed by atoms with Gasteiger partial charge in [-0.25, -0.2) is 4.79 Å². The van der Waals surface area contributed by atoms with Crippen molar-refractivity contribution in [2.75, 3.05) is 13.2 Å². The Balaban J connectivity index is 1.63. The summed E-state index contributed by atoms with van der Waals surface area (Å²) in [4.78, 5) is 14.2. The molecule has 2 aliphatic rings. The molecular formula is C16H22N2O2. The summed E-state index contributed by atoms with van der Waals surface area (Å²) in [6.07, 6.45) is 6.00. The van der Waals surface area contributed by atoms with Gasteiger partial charge < -0.3 is 15.0 Å². The minimum atomic E-state index is 0.0530. The van der Waals surface area contributed by atoms with E-state index in [9.17, 15) is 4.79 Å². The van der Waals surface area contributed by atoms with Crippen LogP contribution >= 0.6 is 0 Å². The van der Waals surface area contributed by atoms with Crippen LogP contribution in [0.1, 0.15) is 37.7 Å². The number of urea groups is 1. The lowest BCUT2D eigenvalue weighted by molar-refractivity contribution is 0.180. The fourth-order valence-electron chi connectivity index (χ4n) is 3.01. The number of carbonyl (C=O) groups is 1. The van der Waals surface area contributed by atoms with Crippen LogP contribution in [0, 0.1) is 0 Å². The van der Waals surface area contributed by atoms with Crippen LogP contribution in [-0.2, 0) is 6.54 Å². The van der Waals surface area contributed by atoms with Gasteiger partial charge in [-0.15, -0.1) is 0 Å². The number of nitrogens with zero attached hydrogens (tertiary/aromatic N) is 1. The highest BCUT2D eigenvalue weighted by atomic mass is 16.5. The predicted octanol–water partition coefficient (Wildman–Crippen LogP) is 2.92. The van der Waals surface area contributed by atoms with Crippen LogP contribution in [0.3, 0.4) is 0 Å². The second kappa shape index (κ2) is 6.16. The van der Waals surface area contributed by atoms with E-state index < -0.39 is 0 Å². The molecule has 0 aromatic heterocycles. The first-order chi connectivity index (χ1) is 9.83. The summed E-state index contributed by atoms with van der Waals surface area (Å²) in [6, 6.07) is 8.37. The molecule has 0 unspecified atom stereocenters. The van der Waals surface area contributed by atoms with Crippen LogP contribution in [0.2, 0.25) is 0 Å². The van der Waals surface area contributed by atoms with Gasteiger partial charge in [-0.2, -0.15) is 0 Å². The molecule has 2 amide bonds. The van der Waals surface area contributed by atoms with Gasteiger partial charge in [0.2, 0.25) is 0 Å². The summed E-state index contributed by atoms with van der Waals surface area (Å²) >= 11 is 0. The van der Waals surface area contributed by atoms with Crippen LogP contribution in [0.4, 0.5) is 4.79 Å². The number of carbonyl (C=O) groups excluding carboxylic acids is 1. The Morgan fingerprint density at radius 1 is 1.20 bits per heavy atom. The number of amides is 2. The second-order valence-corrected chi connectivity index (χ2v) is 5.66. The van der Waals surface area contributed by atoms with E-state index in [1.165, 1.54) is 19.3 Å². The minimum Gasteiger partial charge on any atom is -0.491 e. The standard InChI is InChI=1S/C16H22N2O2/c19-16(17-14-7-2-1-3-8-14)18-10-11-20-15-9-5-4-6-13(15)12-18/h4-6,9,14H,1-3,7-8,10-12H2,(H,17,19). The Labute approximate surface area is 120 Å². The summed E-state index contributed by atoms with van der Waals surface area (Å²) < 4.78 is 5.70. The molecule has 20 heavy (non-hydrogen) atoms. The van der Waals surface area contributed by atoms with Gasteiger partial charge in [-0.05, 0) is 18.9 Å². The zero-order chi connectivity index (χ0) is 13.8. The van der Waals surface area contributed by atoms with Gasteiger partial charge in [0.05, 0.1) is 13.1 Å². The predicted molar refractivity (Wildman–Crippen MR) is 77.8 cm³/mol. The Morgan fingerprint density at radius 2 is 2.00 bits per heavy atom. The van der Waals surface area contributed by atoms with Crippen molar-refractivity contribution in [3.8, 4) is 5.75 Å². The van der Waals surface area contributed by atoms with Gasteiger partial charge in [0, 0.05) is 11.6 Å². The maximum absolute atomic E-state index is 12.4. The smallest absolute Gasteiger partial charge is 0.318 e. The number of ether oxygens (including phenoxy) is 1. The summed E-state index contributed by atoms with van der Waals surface area (Å²) in [5.74, 6) is 0.903. The first-order valence-electron chi connectivity index (χ1n) is 7.59. The molecule has 1 aliphatic carbocycles. The molecule has 0 bridgehead atoms. The van der Waals surface area contributed by atoms with E-state index in [1.807, 2.05) is 29.2 Å². The van der Waals surface area contributed by atoms with Crippen molar-refractivity contribution < 1.29 is 9.53 Å². The molecular weight excluding hydrogens is 252 g/mol. The first kappa shape index (κ1) is 13.3. The number of para-hydroxylation sites is 1. The molecule has 1 aromatic carbocycles.